The van der Waals surface area contributed by atoms with E-state index < -0.39 is 0 Å². The Kier molecular flexibility index (Phi) is 4.99. The van der Waals surface area contributed by atoms with Gasteiger partial charge in [-0.1, -0.05) is 19.3 Å². The lowest BCUT2D eigenvalue weighted by molar-refractivity contribution is -0.0183. The highest BCUT2D eigenvalue weighted by molar-refractivity contribution is 4.96. The minimum Gasteiger partial charge on any atom is -0.378 e. The van der Waals surface area contributed by atoms with Crippen molar-refractivity contribution >= 4 is 0 Å². The summed E-state index contributed by atoms with van der Waals surface area (Å²) in [6.07, 6.45) is 6.76. The number of ether oxygens (including phenoxy) is 2. The van der Waals surface area contributed by atoms with Gasteiger partial charge in [0.1, 0.15) is 5.60 Å². The molecule has 3 atom stereocenters. The van der Waals surface area contributed by atoms with Gasteiger partial charge in [0, 0.05) is 32.7 Å². The second-order valence-corrected chi connectivity index (χ2v) is 5.55. The largest absolute Gasteiger partial charge is 0.378 e. The number of rotatable bonds is 4. The number of nitrogens with zero attached hydrogens (tertiary/aromatic N) is 1. The fraction of sp³-hybridized carbons (Fsp3) is 0.929. The molecule has 1 saturated heterocycles. The van der Waals surface area contributed by atoms with Crippen LogP contribution in [0.5, 0.6) is 0 Å². The highest BCUT2D eigenvalue weighted by Gasteiger charge is 2.36. The molecule has 4 nitrogen and oxygen atoms in total. The van der Waals surface area contributed by atoms with E-state index in [0.29, 0.717) is 12.6 Å². The van der Waals surface area contributed by atoms with Crippen LogP contribution in [0.1, 0.15) is 38.5 Å². The molecule has 1 heterocycles. The van der Waals surface area contributed by atoms with Crippen molar-refractivity contribution in [2.24, 2.45) is 5.92 Å². The number of methoxy groups -OCH3 is 1. The maximum absolute atomic E-state index is 9.25. The Labute approximate surface area is 110 Å². The van der Waals surface area contributed by atoms with Gasteiger partial charge >= 0.3 is 0 Å². The van der Waals surface area contributed by atoms with Gasteiger partial charge in [-0.3, -0.25) is 0 Å². The van der Waals surface area contributed by atoms with Gasteiger partial charge in [0.2, 0.25) is 0 Å². The molecule has 2 aliphatic rings. The molecule has 0 aromatic rings. The Morgan fingerprint density at radius 1 is 1.39 bits per heavy atom. The maximum atomic E-state index is 9.25. The summed E-state index contributed by atoms with van der Waals surface area (Å²) in [5.41, 5.74) is -0.174. The van der Waals surface area contributed by atoms with Gasteiger partial charge in [-0.05, 0) is 12.8 Å². The molecular formula is C14H24N2O2. The second-order valence-electron chi connectivity index (χ2n) is 5.55. The smallest absolute Gasteiger partial charge is 0.106 e. The lowest BCUT2D eigenvalue weighted by atomic mass is 9.94. The van der Waals surface area contributed by atoms with Gasteiger partial charge in [0.25, 0.3) is 0 Å². The molecule has 3 unspecified atom stereocenters. The van der Waals surface area contributed by atoms with Crippen LogP contribution in [-0.4, -0.2) is 38.5 Å². The molecular weight excluding hydrogens is 228 g/mol. The summed E-state index contributed by atoms with van der Waals surface area (Å²) in [5, 5.41) is 12.8. The first-order chi connectivity index (χ1) is 8.79. The first-order valence-corrected chi connectivity index (χ1v) is 7.05. The summed E-state index contributed by atoms with van der Waals surface area (Å²) >= 11 is 0. The summed E-state index contributed by atoms with van der Waals surface area (Å²) in [7, 11) is 1.76. The predicted octanol–water partition coefficient (Wildman–Crippen LogP) is 1.85. The van der Waals surface area contributed by atoms with E-state index in [2.05, 4.69) is 11.4 Å². The molecule has 2 fully saturated rings. The minimum absolute atomic E-state index is 0.156. The average Bonchev–Trinajstić information content (AvgIpc) is 2.76. The molecule has 102 valence electrons. The van der Waals surface area contributed by atoms with Crippen molar-refractivity contribution in [2.75, 3.05) is 26.9 Å². The Bertz CT molecular complexity index is 295. The molecule has 2 rings (SSSR count). The van der Waals surface area contributed by atoms with Crippen molar-refractivity contribution in [2.45, 2.75) is 50.2 Å². The van der Waals surface area contributed by atoms with Crippen LogP contribution in [-0.2, 0) is 9.47 Å². The van der Waals surface area contributed by atoms with Crippen LogP contribution in [0.2, 0.25) is 0 Å². The third-order valence-electron chi connectivity index (χ3n) is 4.37. The van der Waals surface area contributed by atoms with Gasteiger partial charge in [-0.25, -0.2) is 0 Å². The first-order valence-electron chi connectivity index (χ1n) is 7.05. The van der Waals surface area contributed by atoms with E-state index in [0.717, 1.165) is 32.4 Å². The summed E-state index contributed by atoms with van der Waals surface area (Å²) in [6.45, 7) is 2.24. The third-order valence-corrected chi connectivity index (χ3v) is 4.37. The van der Waals surface area contributed by atoms with E-state index in [4.69, 9.17) is 9.47 Å². The normalized spacial score (nSPS) is 37.1. The molecule has 0 aromatic heterocycles. The molecule has 1 aliphatic heterocycles. The molecule has 18 heavy (non-hydrogen) atoms. The lowest BCUT2D eigenvalue weighted by Gasteiger charge is -2.30. The Balaban J connectivity index is 1.89. The van der Waals surface area contributed by atoms with E-state index in [9.17, 15) is 5.26 Å². The van der Waals surface area contributed by atoms with E-state index in [1.54, 1.807) is 7.11 Å². The Morgan fingerprint density at radius 3 is 2.89 bits per heavy atom. The summed E-state index contributed by atoms with van der Waals surface area (Å²) < 4.78 is 11.1. The zero-order chi connectivity index (χ0) is 12.8. The molecule has 0 aromatic carbocycles. The van der Waals surface area contributed by atoms with Crippen LogP contribution >= 0.6 is 0 Å². The zero-order valence-corrected chi connectivity index (χ0v) is 11.3. The zero-order valence-electron chi connectivity index (χ0n) is 11.3. The number of nitriles is 1. The summed E-state index contributed by atoms with van der Waals surface area (Å²) in [4.78, 5) is 0. The molecule has 4 heteroatoms. The van der Waals surface area contributed by atoms with Gasteiger partial charge in [0.05, 0.1) is 18.6 Å². The van der Waals surface area contributed by atoms with Gasteiger partial charge in [-0.15, -0.1) is 0 Å². The van der Waals surface area contributed by atoms with Crippen LogP contribution in [0.15, 0.2) is 0 Å². The van der Waals surface area contributed by atoms with Gasteiger partial charge in [-0.2, -0.15) is 5.26 Å². The van der Waals surface area contributed by atoms with E-state index in [-0.39, 0.29) is 11.5 Å². The minimum atomic E-state index is -0.174. The van der Waals surface area contributed by atoms with Crippen molar-refractivity contribution in [3.05, 3.63) is 0 Å². The highest BCUT2D eigenvalue weighted by atomic mass is 16.5. The predicted molar refractivity (Wildman–Crippen MR) is 69.2 cm³/mol. The van der Waals surface area contributed by atoms with Crippen molar-refractivity contribution < 1.29 is 9.47 Å². The number of nitrogens with one attached hydrogen (secondary N) is 1. The Morgan fingerprint density at radius 2 is 2.22 bits per heavy atom. The Hall–Kier alpha value is -0.630. The molecule has 0 spiro atoms. The molecule has 0 radical (unpaired) electrons. The van der Waals surface area contributed by atoms with Crippen LogP contribution in [0.25, 0.3) is 0 Å². The van der Waals surface area contributed by atoms with E-state index >= 15 is 0 Å². The van der Waals surface area contributed by atoms with Crippen LogP contribution < -0.4 is 5.32 Å². The monoisotopic (exact) mass is 252 g/mol. The van der Waals surface area contributed by atoms with Crippen molar-refractivity contribution in [3.63, 3.8) is 0 Å². The summed E-state index contributed by atoms with van der Waals surface area (Å²) in [6, 6.07) is 2.79. The SMILES string of the molecule is COC1(CNC2CCCCCC2C#N)CCOC1. The lowest BCUT2D eigenvalue weighted by Crippen LogP contribution is -2.48. The third kappa shape index (κ3) is 3.23. The van der Waals surface area contributed by atoms with Crippen LogP contribution in [0, 0.1) is 17.2 Å². The molecule has 1 N–H and O–H groups in total. The molecule has 1 aliphatic carbocycles. The van der Waals surface area contributed by atoms with Crippen LogP contribution in [0.3, 0.4) is 0 Å². The number of hydrogen-bond acceptors (Lipinski definition) is 4. The van der Waals surface area contributed by atoms with Crippen molar-refractivity contribution in [3.8, 4) is 6.07 Å². The van der Waals surface area contributed by atoms with E-state index in [1.807, 2.05) is 0 Å². The maximum Gasteiger partial charge on any atom is 0.106 e. The van der Waals surface area contributed by atoms with Gasteiger partial charge in [0.15, 0.2) is 0 Å². The molecule has 1 saturated carbocycles. The average molecular weight is 252 g/mol. The van der Waals surface area contributed by atoms with E-state index in [1.165, 1.54) is 19.3 Å². The highest BCUT2D eigenvalue weighted by Crippen LogP contribution is 2.25. The molecule has 0 bridgehead atoms. The molecule has 0 amide bonds. The van der Waals surface area contributed by atoms with Crippen molar-refractivity contribution in [1.29, 1.82) is 5.26 Å². The fourth-order valence-corrected chi connectivity index (χ4v) is 2.98. The quantitative estimate of drug-likeness (QED) is 0.776. The fourth-order valence-electron chi connectivity index (χ4n) is 2.98. The van der Waals surface area contributed by atoms with Gasteiger partial charge < -0.3 is 14.8 Å². The number of hydrogen-bond donors (Lipinski definition) is 1. The first kappa shape index (κ1) is 13.8. The second kappa shape index (κ2) is 6.51. The van der Waals surface area contributed by atoms with Crippen LogP contribution in [0.4, 0.5) is 0 Å². The standard InChI is InChI=1S/C14H24N2O2/c1-17-14(7-8-18-11-14)10-16-13-6-4-2-3-5-12(13)9-15/h12-13,16H,2-8,10-11H2,1H3. The van der Waals surface area contributed by atoms with Crippen molar-refractivity contribution in [1.82, 2.24) is 5.32 Å². The topological polar surface area (TPSA) is 54.3 Å². The summed E-state index contributed by atoms with van der Waals surface area (Å²) in [5.74, 6) is 0.156.